The van der Waals surface area contributed by atoms with Crippen LogP contribution in [0.2, 0.25) is 0 Å². The summed E-state index contributed by atoms with van der Waals surface area (Å²) in [6.45, 7) is 1.78. The van der Waals surface area contributed by atoms with Crippen molar-refractivity contribution >= 4 is 0 Å². The average Bonchev–Trinajstić information content (AvgIpc) is 2.45. The summed E-state index contributed by atoms with van der Waals surface area (Å²) in [5, 5.41) is 0. The molecule has 0 saturated heterocycles. The highest BCUT2D eigenvalue weighted by Gasteiger charge is 2.07. The van der Waals surface area contributed by atoms with Crippen LogP contribution in [-0.4, -0.2) is 24.5 Å². The second-order valence-electron chi connectivity index (χ2n) is 3.05. The minimum atomic E-state index is -1.20. The van der Waals surface area contributed by atoms with Crippen LogP contribution < -0.4 is 0 Å². The van der Waals surface area contributed by atoms with E-state index in [1.54, 1.807) is 18.9 Å². The first kappa shape index (κ1) is 4.51. The van der Waals surface area contributed by atoms with E-state index in [0.717, 1.165) is 0 Å². The molecular weight excluding hydrogens is 170 g/mol. The summed E-state index contributed by atoms with van der Waals surface area (Å²) in [6.07, 6.45) is 1.97. The fourth-order valence-corrected chi connectivity index (χ4v) is 1.01. The van der Waals surface area contributed by atoms with Gasteiger partial charge in [-0.05, 0) is 26.0 Å². The van der Waals surface area contributed by atoms with Gasteiger partial charge in [-0.2, -0.15) is 0 Å². The molecule has 1 heteroatoms. The summed E-state index contributed by atoms with van der Waals surface area (Å²) in [5.41, 5.74) is 0.115. The third kappa shape index (κ3) is 3.24. The molecule has 0 saturated carbocycles. The van der Waals surface area contributed by atoms with Crippen molar-refractivity contribution in [2.24, 2.45) is 0 Å². The van der Waals surface area contributed by atoms with Crippen molar-refractivity contribution in [3.63, 3.8) is 0 Å². The number of hydrogen-bond donors (Lipinski definition) is 0. The number of hydrogen-bond acceptors (Lipinski definition) is 1. The molecule has 0 heterocycles. The number of nitrogens with zero attached hydrogens (tertiary/aromatic N) is 1. The summed E-state index contributed by atoms with van der Waals surface area (Å²) in [4.78, 5) is 1.56. The third-order valence-corrected chi connectivity index (χ3v) is 1.95. The number of benzene rings is 1. The van der Waals surface area contributed by atoms with Gasteiger partial charge in [0.1, 0.15) is 1.37 Å². The van der Waals surface area contributed by atoms with Crippen LogP contribution in [0.25, 0.3) is 0 Å². The van der Waals surface area contributed by atoms with E-state index in [1.165, 1.54) is 0 Å². The zero-order chi connectivity index (χ0) is 16.4. The first-order valence-electron chi connectivity index (χ1n) is 7.80. The van der Waals surface area contributed by atoms with Gasteiger partial charge in [-0.3, -0.25) is 4.90 Å². The van der Waals surface area contributed by atoms with Crippen LogP contribution in [-0.2, 0) is 6.42 Å². The number of likely N-dealkylation sites (N-methyl/N-ethyl adjacent to an activating group) is 1. The quantitative estimate of drug-likeness (QED) is 0.664. The molecule has 0 aromatic heterocycles. The van der Waals surface area contributed by atoms with Gasteiger partial charge in [0.2, 0.25) is 0 Å². The van der Waals surface area contributed by atoms with Crippen molar-refractivity contribution in [2.45, 2.75) is 19.4 Å². The summed E-state index contributed by atoms with van der Waals surface area (Å²) >= 11 is 0. The third-order valence-electron chi connectivity index (χ3n) is 1.95. The van der Waals surface area contributed by atoms with E-state index in [1.807, 2.05) is 6.40 Å². The maximum absolute atomic E-state index is 8.30. The zero-order valence-electron chi connectivity index (χ0n) is 15.4. The smallest absolute Gasteiger partial charge is 0.124 e. The van der Waals surface area contributed by atoms with Crippen molar-refractivity contribution in [3.8, 4) is 12.3 Å². The lowest BCUT2D eigenvalue weighted by molar-refractivity contribution is 0.287. The van der Waals surface area contributed by atoms with E-state index in [4.69, 9.17) is 9.60 Å². The molecule has 0 N–H and O–H groups in total. The van der Waals surface area contributed by atoms with Gasteiger partial charge in [0.05, 0.1) is 13.4 Å². The second-order valence-corrected chi connectivity index (χ2v) is 3.05. The minimum absolute atomic E-state index is 0.0289. The molecule has 0 amide bonds. The van der Waals surface area contributed by atoms with Crippen molar-refractivity contribution in [3.05, 3.63) is 35.8 Å². The van der Waals surface area contributed by atoms with Crippen molar-refractivity contribution in [1.29, 1.82) is 0 Å². The highest BCUT2D eigenvalue weighted by Crippen LogP contribution is 2.06. The number of terminal acetylenes is 1. The summed E-state index contributed by atoms with van der Waals surface area (Å²) in [6, 6.07) is -2.98. The molecule has 0 aliphatic heterocycles. The minimum Gasteiger partial charge on any atom is -0.292 e. The summed E-state index contributed by atoms with van der Waals surface area (Å²) in [5.74, 6) is 2.53. The molecule has 0 unspecified atom stereocenters. The number of rotatable bonds is 4. The molecule has 1 atom stereocenters. The monoisotopic (exact) mass is 194 g/mol. The zero-order valence-corrected chi connectivity index (χ0v) is 8.36. The van der Waals surface area contributed by atoms with Gasteiger partial charge in [-0.1, -0.05) is 36.1 Å². The summed E-state index contributed by atoms with van der Waals surface area (Å²) in [7, 11) is 1.65. The molecular formula is C13H17N. The van der Waals surface area contributed by atoms with E-state index in [0.29, 0.717) is 0 Å². The molecule has 0 fully saturated rings. The SMILES string of the molecule is [2H]C#CCN(C)[C@@]([2H])(C)Cc1c([2H])c([2H])c([2H])c([2H])c1[2H]. The Morgan fingerprint density at radius 1 is 1.64 bits per heavy atom. The van der Waals surface area contributed by atoms with E-state index >= 15 is 0 Å². The van der Waals surface area contributed by atoms with Gasteiger partial charge in [-0.25, -0.2) is 0 Å². The van der Waals surface area contributed by atoms with Crippen molar-refractivity contribution in [2.75, 3.05) is 13.6 Å². The fourth-order valence-electron chi connectivity index (χ4n) is 1.01. The first-order chi connectivity index (χ1) is 9.63. The Morgan fingerprint density at radius 2 is 2.36 bits per heavy atom. The van der Waals surface area contributed by atoms with Crippen molar-refractivity contribution in [1.82, 2.24) is 4.90 Å². The Labute approximate surface area is 96.6 Å². The Hall–Kier alpha value is -1.26. The van der Waals surface area contributed by atoms with E-state index in [-0.39, 0.29) is 30.6 Å². The lowest BCUT2D eigenvalue weighted by Crippen LogP contribution is -2.31. The standard InChI is InChI=1S/C13H17N/c1-4-10-14(3)12(2)11-13-8-6-5-7-9-13/h1,5-9,12H,10-11H2,2-3H3/t12-/m0/s1/i1D,5D,6D,7D,8D,9D,12D. The van der Waals surface area contributed by atoms with Gasteiger partial charge < -0.3 is 0 Å². The van der Waals surface area contributed by atoms with E-state index in [9.17, 15) is 0 Å². The van der Waals surface area contributed by atoms with Crippen molar-refractivity contribution < 1.29 is 9.60 Å². The van der Waals surface area contributed by atoms with Gasteiger partial charge in [0, 0.05) is 7.39 Å². The predicted molar refractivity (Wildman–Crippen MR) is 61.1 cm³/mol. The second kappa shape index (κ2) is 5.47. The Morgan fingerprint density at radius 3 is 3.00 bits per heavy atom. The molecule has 0 aliphatic rings. The van der Waals surface area contributed by atoms with Crippen LogP contribution in [0.5, 0.6) is 0 Å². The molecule has 1 aromatic rings. The molecule has 0 bridgehead atoms. The lowest BCUT2D eigenvalue weighted by atomic mass is 10.1. The molecule has 14 heavy (non-hydrogen) atoms. The van der Waals surface area contributed by atoms with Crippen LogP contribution in [0.15, 0.2) is 30.2 Å². The molecule has 0 aliphatic carbocycles. The van der Waals surface area contributed by atoms with E-state index in [2.05, 4.69) is 5.92 Å². The molecule has 1 rings (SSSR count). The largest absolute Gasteiger partial charge is 0.292 e. The van der Waals surface area contributed by atoms with E-state index < -0.39 is 24.1 Å². The predicted octanol–water partition coefficient (Wildman–Crippen LogP) is 2.18. The average molecular weight is 194 g/mol. The lowest BCUT2D eigenvalue weighted by Gasteiger charge is -2.22. The molecule has 0 radical (unpaired) electrons. The highest BCUT2D eigenvalue weighted by molar-refractivity contribution is 5.15. The normalized spacial score (nSPS) is 21.2. The summed E-state index contributed by atoms with van der Waals surface area (Å²) < 4.78 is 53.6. The first-order valence-corrected chi connectivity index (χ1v) is 4.30. The Balaban J connectivity index is 3.20. The molecule has 74 valence electrons. The van der Waals surface area contributed by atoms with Gasteiger partial charge in [0.15, 0.2) is 0 Å². The Bertz CT molecular complexity index is 572. The van der Waals surface area contributed by atoms with Gasteiger partial charge >= 0.3 is 0 Å². The van der Waals surface area contributed by atoms with Gasteiger partial charge in [-0.15, -0.1) is 6.40 Å². The highest BCUT2D eigenvalue weighted by atomic mass is 15.1. The topological polar surface area (TPSA) is 3.24 Å². The maximum atomic E-state index is 8.30. The van der Waals surface area contributed by atoms with Crippen LogP contribution in [0.1, 0.15) is 22.1 Å². The van der Waals surface area contributed by atoms with Gasteiger partial charge in [0.25, 0.3) is 0 Å². The van der Waals surface area contributed by atoms with Crippen LogP contribution >= 0.6 is 0 Å². The fraction of sp³-hybridized carbons (Fsp3) is 0.385. The van der Waals surface area contributed by atoms with Crippen LogP contribution in [0.4, 0.5) is 0 Å². The molecule has 1 aromatic carbocycles. The molecule has 1 nitrogen and oxygen atoms in total. The van der Waals surface area contributed by atoms with Crippen LogP contribution in [0, 0.1) is 12.3 Å². The van der Waals surface area contributed by atoms with Crippen LogP contribution in [0.3, 0.4) is 0 Å². The molecule has 0 spiro atoms. The maximum Gasteiger partial charge on any atom is 0.124 e. The Kier molecular flexibility index (Phi) is 1.76.